The van der Waals surface area contributed by atoms with Gasteiger partial charge in [0.05, 0.1) is 17.9 Å². The second kappa shape index (κ2) is 14.3. The van der Waals surface area contributed by atoms with Gasteiger partial charge in [0.1, 0.15) is 0 Å². The average Bonchev–Trinajstić information content (AvgIpc) is 2.18. The molecule has 19 heavy (non-hydrogen) atoms. The molecule has 0 rings (SSSR count). The van der Waals surface area contributed by atoms with Crippen molar-refractivity contribution in [3.05, 3.63) is 36.5 Å². The predicted molar refractivity (Wildman–Crippen MR) is 59.5 cm³/mol. The Kier molecular flexibility index (Phi) is 19.5. The van der Waals surface area contributed by atoms with E-state index in [0.29, 0.717) is 0 Å². The molecule has 0 saturated carbocycles. The zero-order valence-corrected chi connectivity index (χ0v) is 12.7. The molecule has 0 atom stereocenters. The van der Waals surface area contributed by atoms with Crippen molar-refractivity contribution in [3.8, 4) is 0 Å². The number of carbonyl (C=O) groups is 3. The number of hydrogen-bond donors (Lipinski definition) is 0. The molecule has 0 spiro atoms. The van der Waals surface area contributed by atoms with Crippen LogP contribution in [0.5, 0.6) is 0 Å². The Labute approximate surface area is 124 Å². The molecule has 0 bridgehead atoms. The second-order valence-corrected chi connectivity index (χ2v) is 3.20. The van der Waals surface area contributed by atoms with Crippen LogP contribution < -0.4 is 15.3 Å². The van der Waals surface area contributed by atoms with Crippen LogP contribution in [0.15, 0.2) is 36.5 Å². The van der Waals surface area contributed by atoms with Crippen molar-refractivity contribution < 1.29 is 49.2 Å². The monoisotopic (exact) mass is 357 g/mol. The number of rotatable bonds is 3. The summed E-state index contributed by atoms with van der Waals surface area (Å²) >= 11 is 0. The number of carboxylic acids is 3. The molecule has 1 radical (unpaired) electrons. The second-order valence-electron chi connectivity index (χ2n) is 3.20. The quantitative estimate of drug-likeness (QED) is 0.423. The fraction of sp³-hybridized carbons (Fsp3) is 0.250. The van der Waals surface area contributed by atoms with Gasteiger partial charge < -0.3 is 29.7 Å². The van der Waals surface area contributed by atoms with E-state index in [0.717, 1.165) is 0 Å². The molecule has 0 aromatic rings. The maximum absolute atomic E-state index is 9.49. The van der Waals surface area contributed by atoms with Gasteiger partial charge in [0, 0.05) is 0 Å². The zero-order valence-electron chi connectivity index (χ0n) is 10.9. The molecule has 0 amide bonds. The maximum Gasteiger partial charge on any atom is 3.00 e. The van der Waals surface area contributed by atoms with Crippen molar-refractivity contribution in [1.29, 1.82) is 0 Å². The van der Waals surface area contributed by atoms with E-state index in [-0.39, 0.29) is 36.2 Å². The fourth-order valence-corrected chi connectivity index (χ4v) is 0. The van der Waals surface area contributed by atoms with Gasteiger partial charge in [-0.3, -0.25) is 0 Å². The summed E-state index contributed by atoms with van der Waals surface area (Å²) in [5.41, 5.74) is 0.194. The van der Waals surface area contributed by atoms with Gasteiger partial charge >= 0.3 is 19.5 Å². The van der Waals surface area contributed by atoms with Crippen molar-refractivity contribution in [2.24, 2.45) is 0 Å². The number of hydrogen-bond acceptors (Lipinski definition) is 6. The molecule has 0 fully saturated rings. The Morgan fingerprint density at radius 3 is 0.684 bits per heavy atom. The summed E-state index contributed by atoms with van der Waals surface area (Å²) in [6.07, 6.45) is 0. The Balaban J connectivity index is -0.0000000865. The van der Waals surface area contributed by atoms with Gasteiger partial charge in [-0.1, -0.05) is 19.7 Å². The van der Waals surface area contributed by atoms with Gasteiger partial charge in [0.15, 0.2) is 0 Å². The summed E-state index contributed by atoms with van der Waals surface area (Å²) in [5, 5.41) is 28.5. The van der Waals surface area contributed by atoms with Crippen LogP contribution in [-0.2, 0) is 33.9 Å². The van der Waals surface area contributed by atoms with Gasteiger partial charge in [0.25, 0.3) is 0 Å². The minimum absolute atomic E-state index is 0. The van der Waals surface area contributed by atoms with E-state index in [1.54, 1.807) is 0 Å². The molecule has 0 aromatic carbocycles. The molecule has 107 valence electrons. The van der Waals surface area contributed by atoms with E-state index in [4.69, 9.17) is 0 Å². The van der Waals surface area contributed by atoms with Crippen LogP contribution in [0, 0.1) is 0 Å². The average molecular weight is 356 g/mol. The molecular weight excluding hydrogens is 341 g/mol. The summed E-state index contributed by atoms with van der Waals surface area (Å²) < 4.78 is 0. The minimum Gasteiger partial charge on any atom is -0.545 e. The first-order valence-electron chi connectivity index (χ1n) is 4.54. The van der Waals surface area contributed by atoms with Crippen LogP contribution in [0.25, 0.3) is 0 Å². The van der Waals surface area contributed by atoms with Crippen LogP contribution in [0.1, 0.15) is 20.8 Å². The third-order valence-corrected chi connectivity index (χ3v) is 1.05. The standard InChI is InChI=1S/3C4H6O2.Ru/c3*1-3(2)4(5)6;/h3*1H2,2H3,(H,5,6);/q;;;+3/p-3. The van der Waals surface area contributed by atoms with Crippen LogP contribution in [-0.4, -0.2) is 17.9 Å². The van der Waals surface area contributed by atoms with Crippen LogP contribution >= 0.6 is 0 Å². The first-order chi connectivity index (χ1) is 7.93. The Morgan fingerprint density at radius 2 is 0.684 bits per heavy atom. The van der Waals surface area contributed by atoms with Crippen LogP contribution in [0.4, 0.5) is 0 Å². The topological polar surface area (TPSA) is 120 Å². The summed E-state index contributed by atoms with van der Waals surface area (Å²) in [6.45, 7) is 13.4. The smallest absolute Gasteiger partial charge is 0.545 e. The summed E-state index contributed by atoms with van der Waals surface area (Å²) in [4.78, 5) is 28.5. The molecular formula is C12H15O6Ru. The first kappa shape index (κ1) is 25.9. The molecule has 0 aliphatic rings. The number of carboxylic acid groups (broad SMARTS) is 3. The number of aliphatic carboxylic acids is 3. The van der Waals surface area contributed by atoms with Gasteiger partial charge in [-0.05, 0) is 37.5 Å². The summed E-state index contributed by atoms with van der Waals surface area (Å²) in [7, 11) is 0. The fourth-order valence-electron chi connectivity index (χ4n) is 0. The molecule has 0 heterocycles. The van der Waals surface area contributed by atoms with Crippen LogP contribution in [0.3, 0.4) is 0 Å². The third-order valence-electron chi connectivity index (χ3n) is 1.05. The van der Waals surface area contributed by atoms with Crippen molar-refractivity contribution in [3.63, 3.8) is 0 Å². The largest absolute Gasteiger partial charge is 3.00 e. The third kappa shape index (κ3) is 31.4. The van der Waals surface area contributed by atoms with E-state index >= 15 is 0 Å². The SMILES string of the molecule is C=C(C)C(=O)[O-].C=C(C)C(=O)[O-].C=C(C)C(=O)[O-].[Ru+3]. The predicted octanol–water partition coefficient (Wildman–Crippen LogP) is -2.07. The molecule has 0 N–H and O–H groups in total. The van der Waals surface area contributed by atoms with Crippen LogP contribution in [0.2, 0.25) is 0 Å². The Hall–Kier alpha value is -1.75. The van der Waals surface area contributed by atoms with E-state index in [2.05, 4.69) is 19.7 Å². The molecule has 0 aromatic heterocycles. The maximum atomic E-state index is 9.49. The Morgan fingerprint density at radius 1 is 0.632 bits per heavy atom. The molecule has 6 nitrogen and oxygen atoms in total. The zero-order chi connectivity index (χ0) is 15.5. The van der Waals surface area contributed by atoms with Gasteiger partial charge in [-0.2, -0.15) is 0 Å². The first-order valence-corrected chi connectivity index (χ1v) is 4.54. The van der Waals surface area contributed by atoms with E-state index in [1.807, 2.05) is 0 Å². The molecule has 0 aliphatic heterocycles. The minimum atomic E-state index is -1.19. The van der Waals surface area contributed by atoms with E-state index in [9.17, 15) is 29.7 Å². The van der Waals surface area contributed by atoms with E-state index in [1.165, 1.54) is 20.8 Å². The van der Waals surface area contributed by atoms with Crippen molar-refractivity contribution in [1.82, 2.24) is 0 Å². The van der Waals surface area contributed by atoms with Gasteiger partial charge in [0.2, 0.25) is 0 Å². The Bertz CT molecular complexity index is 277. The van der Waals surface area contributed by atoms with Gasteiger partial charge in [-0.15, -0.1) is 0 Å². The number of carbonyl (C=O) groups excluding carboxylic acids is 3. The normalized spacial score (nSPS) is 7.11. The van der Waals surface area contributed by atoms with Crippen molar-refractivity contribution in [2.75, 3.05) is 0 Å². The molecule has 0 saturated heterocycles. The summed E-state index contributed by atoms with van der Waals surface area (Å²) in [5.74, 6) is -3.56. The molecule has 0 unspecified atom stereocenters. The van der Waals surface area contributed by atoms with Crippen molar-refractivity contribution >= 4 is 17.9 Å². The van der Waals surface area contributed by atoms with Crippen molar-refractivity contribution in [2.45, 2.75) is 20.8 Å². The van der Waals surface area contributed by atoms with E-state index < -0.39 is 17.9 Å². The summed E-state index contributed by atoms with van der Waals surface area (Å²) in [6, 6.07) is 0. The van der Waals surface area contributed by atoms with Gasteiger partial charge in [-0.25, -0.2) is 0 Å². The molecule has 0 aliphatic carbocycles. The molecule has 7 heteroatoms.